The number of carbonyl (C=O) groups is 1. The highest BCUT2D eigenvalue weighted by Gasteiger charge is 2.05. The molecule has 25 heavy (non-hydrogen) atoms. The molecule has 1 heterocycles. The highest BCUT2D eigenvalue weighted by Crippen LogP contribution is 2.20. The molecule has 1 aromatic heterocycles. The smallest absolute Gasteiger partial charge is 0.262 e. The summed E-state index contributed by atoms with van der Waals surface area (Å²) in [5, 5.41) is 2.68. The van der Waals surface area contributed by atoms with Crippen LogP contribution in [-0.4, -0.2) is 17.5 Å². The van der Waals surface area contributed by atoms with Crippen LogP contribution in [0.25, 0.3) is 0 Å². The third-order valence-electron chi connectivity index (χ3n) is 3.17. The Balaban J connectivity index is 1.51. The molecule has 0 aliphatic rings. The van der Waals surface area contributed by atoms with Crippen LogP contribution >= 0.6 is 0 Å². The summed E-state index contributed by atoms with van der Waals surface area (Å²) in [6, 6.07) is 18.0. The predicted octanol–water partition coefficient (Wildman–Crippen LogP) is 4.03. The van der Waals surface area contributed by atoms with E-state index in [0.717, 1.165) is 0 Å². The van der Waals surface area contributed by atoms with Gasteiger partial charge in [-0.2, -0.15) is 0 Å². The van der Waals surface area contributed by atoms with Gasteiger partial charge in [0.2, 0.25) is 5.88 Å². The lowest BCUT2D eigenvalue weighted by Gasteiger charge is -2.08. The number of halogens is 1. The Morgan fingerprint density at radius 3 is 2.40 bits per heavy atom. The summed E-state index contributed by atoms with van der Waals surface area (Å²) in [7, 11) is 0. The predicted molar refractivity (Wildman–Crippen MR) is 91.3 cm³/mol. The van der Waals surface area contributed by atoms with Crippen molar-refractivity contribution in [1.29, 1.82) is 0 Å². The van der Waals surface area contributed by atoms with Crippen molar-refractivity contribution in [3.63, 3.8) is 0 Å². The Bertz CT molecular complexity index is 822. The van der Waals surface area contributed by atoms with Crippen LogP contribution in [0, 0.1) is 5.82 Å². The molecule has 0 unspecified atom stereocenters. The average Bonchev–Trinajstić information content (AvgIpc) is 2.64. The maximum absolute atomic E-state index is 12.8. The van der Waals surface area contributed by atoms with Crippen LogP contribution in [0.4, 0.5) is 10.1 Å². The van der Waals surface area contributed by atoms with Crippen molar-refractivity contribution in [3.05, 3.63) is 78.7 Å². The Labute approximate surface area is 144 Å². The van der Waals surface area contributed by atoms with Crippen molar-refractivity contribution in [2.24, 2.45) is 0 Å². The molecular formula is C19H15FN2O3. The third-order valence-corrected chi connectivity index (χ3v) is 3.17. The van der Waals surface area contributed by atoms with Gasteiger partial charge in [-0.15, -0.1) is 0 Å². The van der Waals surface area contributed by atoms with Gasteiger partial charge in [0, 0.05) is 6.07 Å². The molecule has 0 radical (unpaired) electrons. The van der Waals surface area contributed by atoms with Gasteiger partial charge in [-0.25, -0.2) is 9.37 Å². The number of nitrogens with one attached hydrogen (secondary N) is 1. The van der Waals surface area contributed by atoms with Crippen LogP contribution < -0.4 is 14.8 Å². The fourth-order valence-corrected chi connectivity index (χ4v) is 2.00. The number of amides is 1. The first-order valence-corrected chi connectivity index (χ1v) is 7.56. The van der Waals surface area contributed by atoms with E-state index >= 15 is 0 Å². The van der Waals surface area contributed by atoms with E-state index in [0.29, 0.717) is 23.1 Å². The molecule has 0 atom stereocenters. The zero-order valence-electron chi connectivity index (χ0n) is 13.2. The first kappa shape index (κ1) is 16.4. The van der Waals surface area contributed by atoms with Crippen molar-refractivity contribution in [2.75, 3.05) is 11.9 Å². The first-order valence-electron chi connectivity index (χ1n) is 7.56. The maximum Gasteiger partial charge on any atom is 0.262 e. The minimum absolute atomic E-state index is 0.0994. The topological polar surface area (TPSA) is 60.5 Å². The first-order chi connectivity index (χ1) is 12.2. The Morgan fingerprint density at radius 1 is 0.960 bits per heavy atom. The highest BCUT2D eigenvalue weighted by atomic mass is 19.1. The van der Waals surface area contributed by atoms with E-state index in [1.807, 2.05) is 18.2 Å². The number of hydrogen-bond acceptors (Lipinski definition) is 4. The molecule has 3 rings (SSSR count). The quantitative estimate of drug-likeness (QED) is 0.737. The molecule has 3 aromatic rings. The van der Waals surface area contributed by atoms with Gasteiger partial charge in [-0.1, -0.05) is 18.2 Å². The average molecular weight is 338 g/mol. The van der Waals surface area contributed by atoms with Crippen LogP contribution in [0.1, 0.15) is 0 Å². The molecule has 1 amide bonds. The molecule has 126 valence electrons. The van der Waals surface area contributed by atoms with E-state index in [1.54, 1.807) is 24.3 Å². The number of ether oxygens (including phenoxy) is 2. The van der Waals surface area contributed by atoms with Crippen LogP contribution in [0.2, 0.25) is 0 Å². The van der Waals surface area contributed by atoms with Crippen molar-refractivity contribution in [3.8, 4) is 17.4 Å². The maximum atomic E-state index is 12.8. The number of carbonyl (C=O) groups excluding carboxylic acids is 1. The van der Waals surface area contributed by atoms with E-state index in [9.17, 15) is 9.18 Å². The van der Waals surface area contributed by atoms with Gasteiger partial charge < -0.3 is 14.8 Å². The van der Waals surface area contributed by atoms with E-state index in [-0.39, 0.29) is 18.3 Å². The van der Waals surface area contributed by atoms with Gasteiger partial charge in [0.15, 0.2) is 6.61 Å². The summed E-state index contributed by atoms with van der Waals surface area (Å²) >= 11 is 0. The van der Waals surface area contributed by atoms with E-state index in [4.69, 9.17) is 9.47 Å². The molecule has 6 heteroatoms. The van der Waals surface area contributed by atoms with Crippen LogP contribution in [0.3, 0.4) is 0 Å². The fourth-order valence-electron chi connectivity index (χ4n) is 2.00. The summed E-state index contributed by atoms with van der Waals surface area (Å²) in [5.74, 6) is 0.805. The zero-order chi connectivity index (χ0) is 17.5. The van der Waals surface area contributed by atoms with Gasteiger partial charge in [0.05, 0.1) is 11.9 Å². The van der Waals surface area contributed by atoms with Crippen molar-refractivity contribution in [1.82, 2.24) is 4.98 Å². The zero-order valence-corrected chi connectivity index (χ0v) is 13.2. The SMILES string of the molecule is O=C(COc1ccccc1)Nc1ccc(Oc2ccc(F)cc2)nc1. The van der Waals surface area contributed by atoms with Crippen molar-refractivity contribution in [2.45, 2.75) is 0 Å². The molecule has 0 bridgehead atoms. The van der Waals surface area contributed by atoms with E-state index in [1.165, 1.54) is 30.5 Å². The molecule has 0 aliphatic heterocycles. The minimum atomic E-state index is -0.337. The number of para-hydroxylation sites is 1. The summed E-state index contributed by atoms with van der Waals surface area (Å²) in [6.07, 6.45) is 1.47. The molecule has 0 aliphatic carbocycles. The van der Waals surface area contributed by atoms with Crippen molar-refractivity contribution >= 4 is 11.6 Å². The Kier molecular flexibility index (Phi) is 5.21. The summed E-state index contributed by atoms with van der Waals surface area (Å²) in [6.45, 7) is -0.0994. The summed E-state index contributed by atoms with van der Waals surface area (Å²) in [4.78, 5) is 16.0. The molecule has 0 spiro atoms. The summed E-state index contributed by atoms with van der Waals surface area (Å²) in [5.41, 5.74) is 0.521. The van der Waals surface area contributed by atoms with E-state index < -0.39 is 0 Å². The Morgan fingerprint density at radius 2 is 1.72 bits per heavy atom. The number of rotatable bonds is 6. The van der Waals surface area contributed by atoms with Crippen molar-refractivity contribution < 1.29 is 18.7 Å². The standard InChI is InChI=1S/C19H15FN2O3/c20-14-6-9-17(10-7-14)25-19-11-8-15(12-21-19)22-18(23)13-24-16-4-2-1-3-5-16/h1-12H,13H2,(H,22,23). The lowest BCUT2D eigenvalue weighted by Crippen LogP contribution is -2.20. The van der Waals surface area contributed by atoms with E-state index in [2.05, 4.69) is 10.3 Å². The number of aromatic nitrogens is 1. The number of nitrogens with zero attached hydrogens (tertiary/aromatic N) is 1. The lowest BCUT2D eigenvalue weighted by atomic mass is 10.3. The second-order valence-electron chi connectivity index (χ2n) is 5.09. The second kappa shape index (κ2) is 7.92. The molecule has 5 nitrogen and oxygen atoms in total. The monoisotopic (exact) mass is 338 g/mol. The molecular weight excluding hydrogens is 323 g/mol. The lowest BCUT2D eigenvalue weighted by molar-refractivity contribution is -0.118. The van der Waals surface area contributed by atoms with Gasteiger partial charge in [0.1, 0.15) is 17.3 Å². The van der Waals surface area contributed by atoms with Crippen LogP contribution in [0.5, 0.6) is 17.4 Å². The number of hydrogen-bond donors (Lipinski definition) is 1. The third kappa shape index (κ3) is 5.04. The second-order valence-corrected chi connectivity index (χ2v) is 5.09. The molecule has 0 saturated heterocycles. The normalized spacial score (nSPS) is 10.1. The number of pyridine rings is 1. The number of benzene rings is 2. The molecule has 0 fully saturated rings. The molecule has 1 N–H and O–H groups in total. The minimum Gasteiger partial charge on any atom is -0.484 e. The Hall–Kier alpha value is -3.41. The molecule has 0 saturated carbocycles. The van der Waals surface area contributed by atoms with Gasteiger partial charge in [0.25, 0.3) is 5.91 Å². The largest absolute Gasteiger partial charge is 0.484 e. The fraction of sp³-hybridized carbons (Fsp3) is 0.0526. The summed E-state index contributed by atoms with van der Waals surface area (Å²) < 4.78 is 23.7. The van der Waals surface area contributed by atoms with Gasteiger partial charge in [-0.05, 0) is 42.5 Å². The van der Waals surface area contributed by atoms with Crippen LogP contribution in [-0.2, 0) is 4.79 Å². The van der Waals surface area contributed by atoms with Gasteiger partial charge >= 0.3 is 0 Å². The molecule has 2 aromatic carbocycles. The number of anilines is 1. The van der Waals surface area contributed by atoms with Gasteiger partial charge in [-0.3, -0.25) is 4.79 Å². The van der Waals surface area contributed by atoms with Crippen LogP contribution in [0.15, 0.2) is 72.9 Å². The highest BCUT2D eigenvalue weighted by molar-refractivity contribution is 5.91.